The third-order valence-electron chi connectivity index (χ3n) is 3.58. The number of hydrogen-bond donors (Lipinski definition) is 2. The zero-order valence-electron chi connectivity index (χ0n) is 18.6. The lowest BCUT2D eigenvalue weighted by atomic mass is 10.0. The molecule has 4 N–H and O–H groups in total. The molecule has 0 rings (SSSR count). The molecule has 0 aliphatic carbocycles. The van der Waals surface area contributed by atoms with E-state index in [0.29, 0.717) is 0 Å². The van der Waals surface area contributed by atoms with Gasteiger partial charge in [0.1, 0.15) is 17.3 Å². The summed E-state index contributed by atoms with van der Waals surface area (Å²) in [5.74, 6) is -2.39. The van der Waals surface area contributed by atoms with Gasteiger partial charge in [-0.2, -0.15) is 5.26 Å². The van der Waals surface area contributed by atoms with Gasteiger partial charge in [0.15, 0.2) is 17.9 Å². The molecule has 166 valence electrons. The molecule has 0 aromatic rings. The van der Waals surface area contributed by atoms with E-state index in [1.54, 1.807) is 47.6 Å². The van der Waals surface area contributed by atoms with Gasteiger partial charge in [0.05, 0.1) is 6.42 Å². The van der Waals surface area contributed by atoms with Crippen LogP contribution < -0.4 is 11.5 Å². The molecule has 0 radical (unpaired) electrons. The Balaban J connectivity index is 5.86. The van der Waals surface area contributed by atoms with Crippen molar-refractivity contribution in [3.05, 3.63) is 0 Å². The zero-order chi connectivity index (χ0) is 23.3. The summed E-state index contributed by atoms with van der Waals surface area (Å²) >= 11 is 0. The van der Waals surface area contributed by atoms with Crippen molar-refractivity contribution in [2.75, 3.05) is 13.2 Å². The minimum atomic E-state index is -1.87. The topological polar surface area (TPSA) is 158 Å². The second-order valence-corrected chi connectivity index (χ2v) is 9.02. The fourth-order valence-electron chi connectivity index (χ4n) is 2.32. The number of nitrogens with zero attached hydrogens (tertiary/aromatic N) is 2. The second kappa shape index (κ2) is 9.52. The van der Waals surface area contributed by atoms with E-state index in [4.69, 9.17) is 30.9 Å². The molecule has 29 heavy (non-hydrogen) atoms. The van der Waals surface area contributed by atoms with Gasteiger partial charge in [-0.3, -0.25) is 4.79 Å². The summed E-state index contributed by atoms with van der Waals surface area (Å²) in [5.41, 5.74) is 7.06. The fourth-order valence-corrected chi connectivity index (χ4v) is 2.32. The van der Waals surface area contributed by atoms with E-state index in [1.165, 1.54) is 13.8 Å². The smallest absolute Gasteiger partial charge is 0.341 e. The quantitative estimate of drug-likeness (QED) is 0.330. The molecule has 0 aliphatic rings. The number of nitriles is 1. The molecule has 0 saturated carbocycles. The fraction of sp³-hybridized carbons (Fsp3) is 0.789. The van der Waals surface area contributed by atoms with Crippen LogP contribution in [0.15, 0.2) is 0 Å². The lowest BCUT2D eigenvalue weighted by Gasteiger charge is -2.45. The van der Waals surface area contributed by atoms with Crippen LogP contribution in [0.2, 0.25) is 0 Å². The first-order chi connectivity index (χ1) is 12.8. The highest BCUT2D eigenvalue weighted by Gasteiger charge is 2.50. The van der Waals surface area contributed by atoms with E-state index in [0.717, 1.165) is 4.90 Å². The number of ether oxygens (including phenoxy) is 3. The van der Waals surface area contributed by atoms with Gasteiger partial charge in [0, 0.05) is 6.54 Å². The highest BCUT2D eigenvalue weighted by atomic mass is 16.6. The zero-order valence-corrected chi connectivity index (χ0v) is 18.6. The van der Waals surface area contributed by atoms with Gasteiger partial charge in [0.25, 0.3) is 0 Å². The molecule has 0 aromatic carbocycles. The van der Waals surface area contributed by atoms with Crippen LogP contribution >= 0.6 is 0 Å². The molecule has 2 unspecified atom stereocenters. The van der Waals surface area contributed by atoms with E-state index >= 15 is 0 Å². The van der Waals surface area contributed by atoms with E-state index in [1.807, 2.05) is 0 Å². The van der Waals surface area contributed by atoms with Crippen molar-refractivity contribution in [3.63, 3.8) is 0 Å². The maximum absolute atomic E-state index is 12.7. The summed E-state index contributed by atoms with van der Waals surface area (Å²) in [6, 6.07) is 1.68. The van der Waals surface area contributed by atoms with Crippen LogP contribution in [0.1, 0.15) is 61.8 Å². The Morgan fingerprint density at radius 1 is 0.862 bits per heavy atom. The monoisotopic (exact) mass is 414 g/mol. The van der Waals surface area contributed by atoms with Crippen molar-refractivity contribution in [1.82, 2.24) is 4.90 Å². The minimum absolute atomic E-state index is 0.219. The average Bonchev–Trinajstić information content (AvgIpc) is 2.49. The van der Waals surface area contributed by atoms with Crippen molar-refractivity contribution in [2.45, 2.75) is 84.3 Å². The molecular formula is C19H34N4O6. The van der Waals surface area contributed by atoms with Crippen molar-refractivity contribution in [3.8, 4) is 6.07 Å². The van der Waals surface area contributed by atoms with Crippen LogP contribution in [-0.4, -0.2) is 58.5 Å². The van der Waals surface area contributed by atoms with Crippen LogP contribution in [0, 0.1) is 11.3 Å². The number of esters is 3. The van der Waals surface area contributed by atoms with Gasteiger partial charge < -0.3 is 25.7 Å². The van der Waals surface area contributed by atoms with Crippen LogP contribution in [0.3, 0.4) is 0 Å². The summed E-state index contributed by atoms with van der Waals surface area (Å²) in [5, 5.41) is 8.51. The lowest BCUT2D eigenvalue weighted by Crippen LogP contribution is -2.73. The number of carbonyl (C=O) groups excluding carboxylic acids is 3. The number of rotatable bonds is 8. The molecule has 10 heteroatoms. The highest BCUT2D eigenvalue weighted by molar-refractivity contribution is 5.84. The molecule has 0 aliphatic heterocycles. The van der Waals surface area contributed by atoms with Crippen molar-refractivity contribution in [1.29, 1.82) is 5.26 Å². The molecule has 0 saturated heterocycles. The molecule has 0 bridgehead atoms. The molecule has 0 heterocycles. The number of carbonyl (C=O) groups is 3. The van der Waals surface area contributed by atoms with Crippen LogP contribution in [0.25, 0.3) is 0 Å². The Hall–Kier alpha value is -2.22. The third-order valence-corrected chi connectivity index (χ3v) is 3.58. The van der Waals surface area contributed by atoms with Gasteiger partial charge in [-0.05, 0) is 55.4 Å². The normalized spacial score (nSPS) is 16.2. The Morgan fingerprint density at radius 3 is 1.55 bits per heavy atom. The first-order valence-electron chi connectivity index (χ1n) is 9.19. The molecule has 0 amide bonds. The summed E-state index contributed by atoms with van der Waals surface area (Å²) in [4.78, 5) is 38.5. The molecular weight excluding hydrogens is 380 g/mol. The highest BCUT2D eigenvalue weighted by Crippen LogP contribution is 2.25. The minimum Gasteiger partial charge on any atom is -0.458 e. The standard InChI is InChI=1S/C19H34N4O6/c1-16(2,3)28-14(25)18(7,21)23(11-9-13(24)27-12-10-20)19(8,22)15(26)29-17(4,5)6/h9,11-12,21-22H2,1-8H3. The van der Waals surface area contributed by atoms with Crippen molar-refractivity contribution in [2.24, 2.45) is 11.5 Å². The SMILES string of the molecule is CC(C)(C)OC(=O)C(C)(N)N(CCC(=O)OCC#N)C(C)(N)C(=O)OC(C)(C)C. The Bertz CT molecular complexity index is 613. The average molecular weight is 415 g/mol. The van der Waals surface area contributed by atoms with Gasteiger partial charge in [-0.15, -0.1) is 0 Å². The summed E-state index contributed by atoms with van der Waals surface area (Å²) < 4.78 is 15.4. The maximum atomic E-state index is 12.7. The van der Waals surface area contributed by atoms with Gasteiger partial charge in [-0.1, -0.05) is 0 Å². The first-order valence-corrected chi connectivity index (χ1v) is 9.19. The van der Waals surface area contributed by atoms with Gasteiger partial charge in [0.2, 0.25) is 0 Å². The summed E-state index contributed by atoms with van der Waals surface area (Å²) in [6.45, 7) is 12.0. The van der Waals surface area contributed by atoms with Crippen molar-refractivity contribution >= 4 is 17.9 Å². The second-order valence-electron chi connectivity index (χ2n) is 9.02. The molecule has 0 fully saturated rings. The predicted molar refractivity (Wildman–Crippen MR) is 105 cm³/mol. The third kappa shape index (κ3) is 8.77. The van der Waals surface area contributed by atoms with E-state index in [-0.39, 0.29) is 13.0 Å². The molecule has 0 aromatic heterocycles. The van der Waals surface area contributed by atoms with E-state index in [9.17, 15) is 14.4 Å². The van der Waals surface area contributed by atoms with Crippen LogP contribution in [0.5, 0.6) is 0 Å². The van der Waals surface area contributed by atoms with Crippen LogP contribution in [-0.2, 0) is 28.6 Å². The summed E-state index contributed by atoms with van der Waals surface area (Å²) in [7, 11) is 0. The van der Waals surface area contributed by atoms with Gasteiger partial charge in [-0.25, -0.2) is 14.5 Å². The Morgan fingerprint density at radius 2 is 1.24 bits per heavy atom. The van der Waals surface area contributed by atoms with E-state index < -0.39 is 47.0 Å². The number of nitrogens with two attached hydrogens (primary N) is 2. The van der Waals surface area contributed by atoms with Crippen LogP contribution in [0.4, 0.5) is 0 Å². The summed E-state index contributed by atoms with van der Waals surface area (Å²) in [6.07, 6.45) is -0.271. The predicted octanol–water partition coefficient (Wildman–Crippen LogP) is 0.778. The first kappa shape index (κ1) is 26.8. The van der Waals surface area contributed by atoms with Crippen molar-refractivity contribution < 1.29 is 28.6 Å². The Kier molecular flexibility index (Phi) is 8.79. The number of hydrogen-bond acceptors (Lipinski definition) is 10. The Labute approximate surface area is 172 Å². The largest absolute Gasteiger partial charge is 0.458 e. The van der Waals surface area contributed by atoms with E-state index in [2.05, 4.69) is 0 Å². The maximum Gasteiger partial charge on any atom is 0.341 e. The molecule has 0 spiro atoms. The molecule has 2 atom stereocenters. The molecule has 10 nitrogen and oxygen atoms in total. The lowest BCUT2D eigenvalue weighted by molar-refractivity contribution is -0.185. The van der Waals surface area contributed by atoms with Gasteiger partial charge >= 0.3 is 17.9 Å².